The number of nitrogens with zero attached hydrogens (tertiary/aromatic N) is 3. The van der Waals surface area contributed by atoms with E-state index in [1.54, 1.807) is 4.57 Å². The first-order valence-corrected chi connectivity index (χ1v) is 6.17. The molecule has 0 spiro atoms. The maximum atomic E-state index is 9.99. The molecule has 2 aromatic heterocycles. The van der Waals surface area contributed by atoms with Crippen LogP contribution in [-0.4, -0.2) is 48.5 Å². The molecular weight excluding hydrogens is 270 g/mol. The fourth-order valence-electron chi connectivity index (χ4n) is 2.24. The fourth-order valence-corrected chi connectivity index (χ4v) is 2.49. The van der Waals surface area contributed by atoms with E-state index in [0.717, 1.165) is 0 Å². The van der Waals surface area contributed by atoms with E-state index in [9.17, 15) is 5.11 Å². The molecule has 3 atom stereocenters. The number of nitrogens with two attached hydrogens (primary N) is 1. The van der Waals surface area contributed by atoms with Gasteiger partial charge in [0, 0.05) is 6.42 Å². The quantitative estimate of drug-likeness (QED) is 0.559. The normalized spacial score (nSPS) is 27.2. The van der Waals surface area contributed by atoms with Crippen LogP contribution in [0.2, 0.25) is 0 Å². The second-order valence-corrected chi connectivity index (χ2v) is 4.80. The van der Waals surface area contributed by atoms with E-state index in [1.165, 1.54) is 6.33 Å². The third-order valence-corrected chi connectivity index (χ3v) is 3.39. The van der Waals surface area contributed by atoms with Gasteiger partial charge in [0.25, 0.3) is 0 Å². The van der Waals surface area contributed by atoms with Crippen LogP contribution in [0, 0.1) is 4.64 Å². The molecule has 2 aromatic rings. The Hall–Kier alpha value is -1.55. The molecule has 3 rings (SSSR count). The molecule has 0 unspecified atom stereocenters. The van der Waals surface area contributed by atoms with Crippen LogP contribution in [0.1, 0.15) is 12.6 Å². The van der Waals surface area contributed by atoms with Crippen LogP contribution in [0.3, 0.4) is 0 Å². The number of aromatic amines is 1. The van der Waals surface area contributed by atoms with Gasteiger partial charge in [0.1, 0.15) is 17.3 Å². The van der Waals surface area contributed by atoms with Gasteiger partial charge in [-0.15, -0.1) is 0 Å². The minimum Gasteiger partial charge on any atom is -0.394 e. The number of fused-ring (bicyclic) bond motifs is 1. The molecule has 0 bridgehead atoms. The van der Waals surface area contributed by atoms with Crippen molar-refractivity contribution in [2.24, 2.45) is 0 Å². The Morgan fingerprint density at radius 1 is 1.63 bits per heavy atom. The number of H-pyrrole nitrogens is 1. The summed E-state index contributed by atoms with van der Waals surface area (Å²) in [5.41, 5.74) is 6.66. The van der Waals surface area contributed by atoms with Crippen molar-refractivity contribution in [1.82, 2.24) is 19.5 Å². The second-order valence-electron chi connectivity index (χ2n) is 4.41. The molecule has 19 heavy (non-hydrogen) atoms. The van der Waals surface area contributed by atoms with Gasteiger partial charge in [0.2, 0.25) is 0 Å². The van der Waals surface area contributed by atoms with Crippen LogP contribution in [0.25, 0.3) is 11.2 Å². The average Bonchev–Trinajstić information content (AvgIpc) is 2.92. The Morgan fingerprint density at radius 3 is 3.11 bits per heavy atom. The van der Waals surface area contributed by atoms with Gasteiger partial charge in [-0.1, -0.05) is 12.2 Å². The number of hydrogen-bond donors (Lipinski definition) is 4. The third-order valence-electron chi connectivity index (χ3n) is 3.11. The number of rotatable bonds is 2. The molecule has 5 N–H and O–H groups in total. The number of anilines is 1. The summed E-state index contributed by atoms with van der Waals surface area (Å²) < 4.78 is 7.47. The number of hydrogen-bond acceptors (Lipinski definition) is 7. The smallest absolute Gasteiger partial charge is 0.200 e. The lowest BCUT2D eigenvalue weighted by molar-refractivity contribution is -0.0486. The lowest BCUT2D eigenvalue weighted by Gasteiger charge is -2.16. The van der Waals surface area contributed by atoms with E-state index in [0.29, 0.717) is 17.6 Å². The van der Waals surface area contributed by atoms with E-state index >= 15 is 0 Å². The highest BCUT2D eigenvalue weighted by molar-refractivity contribution is 7.71. The number of aromatic nitrogens is 4. The second kappa shape index (κ2) is 4.53. The zero-order valence-electron chi connectivity index (χ0n) is 9.85. The number of nitrogens with one attached hydrogen (secondary N) is 1. The molecule has 9 heteroatoms. The minimum atomic E-state index is -0.731. The van der Waals surface area contributed by atoms with Crippen LogP contribution in [0.15, 0.2) is 6.33 Å². The third kappa shape index (κ3) is 2.00. The van der Waals surface area contributed by atoms with Crippen LogP contribution < -0.4 is 5.73 Å². The van der Waals surface area contributed by atoms with Crippen LogP contribution in [0.5, 0.6) is 0 Å². The maximum absolute atomic E-state index is 9.99. The highest BCUT2D eigenvalue weighted by Gasteiger charge is 2.35. The Balaban J connectivity index is 2.09. The molecule has 0 radical (unpaired) electrons. The molecule has 1 aliphatic rings. The summed E-state index contributed by atoms with van der Waals surface area (Å²) in [6.45, 7) is -0.139. The van der Waals surface area contributed by atoms with Crippen molar-refractivity contribution in [3.63, 3.8) is 0 Å². The minimum absolute atomic E-state index is 0.139. The van der Waals surface area contributed by atoms with E-state index in [1.807, 2.05) is 0 Å². The Labute approximate surface area is 112 Å². The number of ether oxygens (including phenoxy) is 1. The van der Waals surface area contributed by atoms with Crippen LogP contribution in [0.4, 0.5) is 5.95 Å². The van der Waals surface area contributed by atoms with Gasteiger partial charge >= 0.3 is 0 Å². The average molecular weight is 283 g/mol. The molecule has 8 nitrogen and oxygen atoms in total. The summed E-state index contributed by atoms with van der Waals surface area (Å²) in [4.78, 5) is 10.9. The van der Waals surface area contributed by atoms with Crippen molar-refractivity contribution in [2.45, 2.75) is 24.9 Å². The Kier molecular flexibility index (Phi) is 2.97. The summed E-state index contributed by atoms with van der Waals surface area (Å²) in [5, 5.41) is 19.1. The van der Waals surface area contributed by atoms with Crippen molar-refractivity contribution in [3.8, 4) is 0 Å². The van der Waals surface area contributed by atoms with Gasteiger partial charge in [-0.05, 0) is 0 Å². The molecule has 0 saturated carbocycles. The van der Waals surface area contributed by atoms with Gasteiger partial charge in [0.05, 0.1) is 19.0 Å². The van der Waals surface area contributed by atoms with Gasteiger partial charge in [0.15, 0.2) is 16.8 Å². The number of aliphatic hydroxyl groups excluding tert-OH is 2. The van der Waals surface area contributed by atoms with Crippen molar-refractivity contribution >= 4 is 29.3 Å². The summed E-state index contributed by atoms with van der Waals surface area (Å²) in [7, 11) is 0. The standard InChI is InChI=1S/C10H13N5O3S/c11-10-13-7-6(8(19)14-10)12-3-15(7)9-5(17)1-4(2-16)18-9/h3-5,9,16-17H,1-2H2,(H3,11,13,14,19)/t4-,5+,9+/m1/s1. The van der Waals surface area contributed by atoms with E-state index in [-0.39, 0.29) is 23.3 Å². The number of imidazole rings is 1. The summed E-state index contributed by atoms with van der Waals surface area (Å²) >= 11 is 5.07. The largest absolute Gasteiger partial charge is 0.394 e. The number of aliphatic hydroxyl groups is 2. The van der Waals surface area contributed by atoms with Crippen LogP contribution in [-0.2, 0) is 4.74 Å². The summed E-state index contributed by atoms with van der Waals surface area (Å²) in [6, 6.07) is 0. The predicted octanol–water partition coefficient (Wildman–Crippen LogP) is -0.288. The van der Waals surface area contributed by atoms with Crippen molar-refractivity contribution in [2.75, 3.05) is 12.3 Å². The Morgan fingerprint density at radius 2 is 2.42 bits per heavy atom. The zero-order chi connectivity index (χ0) is 13.6. The first-order chi connectivity index (χ1) is 9.10. The monoisotopic (exact) mass is 283 g/mol. The highest BCUT2D eigenvalue weighted by atomic mass is 32.1. The van der Waals surface area contributed by atoms with Crippen molar-refractivity contribution < 1.29 is 14.9 Å². The first kappa shape index (κ1) is 12.5. The molecule has 0 aliphatic carbocycles. The lowest BCUT2D eigenvalue weighted by Crippen LogP contribution is -2.19. The van der Waals surface area contributed by atoms with Gasteiger partial charge in [-0.25, -0.2) is 9.97 Å². The predicted molar refractivity (Wildman–Crippen MR) is 68.7 cm³/mol. The first-order valence-electron chi connectivity index (χ1n) is 5.77. The zero-order valence-corrected chi connectivity index (χ0v) is 10.7. The van der Waals surface area contributed by atoms with Gasteiger partial charge in [-0.3, -0.25) is 4.57 Å². The molecular formula is C10H13N5O3S. The SMILES string of the molecule is Nc1nc(=S)c2ncn([C@H]3O[C@@H](CO)C[C@@H]3O)c2[nH]1. The van der Waals surface area contributed by atoms with Crippen molar-refractivity contribution in [1.29, 1.82) is 0 Å². The lowest BCUT2D eigenvalue weighted by atomic mass is 10.2. The summed E-state index contributed by atoms with van der Waals surface area (Å²) in [5.74, 6) is 0.172. The van der Waals surface area contributed by atoms with Crippen molar-refractivity contribution in [3.05, 3.63) is 11.0 Å². The molecule has 0 aromatic carbocycles. The molecule has 1 fully saturated rings. The maximum Gasteiger partial charge on any atom is 0.200 e. The fraction of sp³-hybridized carbons (Fsp3) is 0.500. The Bertz CT molecular complexity index is 669. The molecule has 1 aliphatic heterocycles. The number of nitrogen functional groups attached to an aromatic ring is 1. The molecule has 3 heterocycles. The molecule has 0 amide bonds. The van der Waals surface area contributed by atoms with E-state index in [2.05, 4.69) is 15.0 Å². The molecule has 102 valence electrons. The highest BCUT2D eigenvalue weighted by Crippen LogP contribution is 2.30. The van der Waals surface area contributed by atoms with E-state index < -0.39 is 12.3 Å². The van der Waals surface area contributed by atoms with Gasteiger partial charge < -0.3 is 25.7 Å². The molecule has 1 saturated heterocycles. The summed E-state index contributed by atoms with van der Waals surface area (Å²) in [6.07, 6.45) is 0.119. The van der Waals surface area contributed by atoms with Gasteiger partial charge in [-0.2, -0.15) is 0 Å². The van der Waals surface area contributed by atoms with Crippen LogP contribution >= 0.6 is 12.2 Å². The van der Waals surface area contributed by atoms with E-state index in [4.69, 9.17) is 27.8 Å². The topological polar surface area (TPSA) is 122 Å².